The maximum Gasteiger partial charge on any atom is 0.221 e. The number of aromatic nitrogens is 4. The molecule has 0 aliphatic carbocycles. The normalized spacial score (nSPS) is 11.3. The number of aryl methyl sites for hydroxylation is 1. The van der Waals surface area contributed by atoms with Crippen LogP contribution in [0.4, 0.5) is 5.95 Å². The molecule has 0 aliphatic rings. The van der Waals surface area contributed by atoms with Crippen LogP contribution in [-0.4, -0.2) is 19.5 Å². The molecule has 0 amide bonds. The molecule has 4 aromatic rings. The Morgan fingerprint density at radius 2 is 1.70 bits per heavy atom. The van der Waals surface area contributed by atoms with Gasteiger partial charge in [-0.15, -0.1) is 0 Å². The van der Waals surface area contributed by atoms with Gasteiger partial charge < -0.3 is 10.3 Å². The standard InChI is InChI=1S/C23H23Cl2N5/c1-2-3-4-7-12-30-21-9-6-5-8-18(21)27-22(30)20-14-19(28-23(26)29-20)16-11-10-15(24)13-17(16)25/h5-6,8-11,13-14H,2-4,7,12H2,1H3,(H2,26,28,29). The summed E-state index contributed by atoms with van der Waals surface area (Å²) in [5.41, 5.74) is 10.2. The fourth-order valence-corrected chi connectivity index (χ4v) is 4.11. The van der Waals surface area contributed by atoms with Crippen LogP contribution in [0.3, 0.4) is 0 Å². The second kappa shape index (κ2) is 9.02. The third-order valence-corrected chi connectivity index (χ3v) is 5.62. The van der Waals surface area contributed by atoms with E-state index in [1.165, 1.54) is 19.3 Å². The van der Waals surface area contributed by atoms with Gasteiger partial charge in [0.25, 0.3) is 0 Å². The Labute approximate surface area is 185 Å². The number of hydrogen-bond acceptors (Lipinski definition) is 4. The Morgan fingerprint density at radius 1 is 0.900 bits per heavy atom. The smallest absolute Gasteiger partial charge is 0.221 e. The minimum atomic E-state index is 0.179. The van der Waals surface area contributed by atoms with Crippen LogP contribution in [0.1, 0.15) is 32.6 Å². The van der Waals surface area contributed by atoms with Gasteiger partial charge in [0.2, 0.25) is 5.95 Å². The summed E-state index contributed by atoms with van der Waals surface area (Å²) >= 11 is 12.4. The average molecular weight is 440 g/mol. The van der Waals surface area contributed by atoms with Crippen molar-refractivity contribution in [3.8, 4) is 22.8 Å². The SMILES string of the molecule is CCCCCCn1c(-c2cc(-c3ccc(Cl)cc3Cl)nc(N)n2)nc2ccccc21. The highest BCUT2D eigenvalue weighted by Gasteiger charge is 2.17. The van der Waals surface area contributed by atoms with Gasteiger partial charge in [-0.1, -0.05) is 61.5 Å². The minimum absolute atomic E-state index is 0.179. The number of imidazole rings is 1. The van der Waals surface area contributed by atoms with E-state index < -0.39 is 0 Å². The summed E-state index contributed by atoms with van der Waals surface area (Å²) in [5, 5.41) is 1.08. The van der Waals surface area contributed by atoms with Crippen molar-refractivity contribution in [2.45, 2.75) is 39.2 Å². The van der Waals surface area contributed by atoms with Gasteiger partial charge in [0.05, 0.1) is 21.7 Å². The Balaban J connectivity index is 1.81. The van der Waals surface area contributed by atoms with E-state index in [2.05, 4.69) is 27.5 Å². The monoisotopic (exact) mass is 439 g/mol. The van der Waals surface area contributed by atoms with E-state index in [0.29, 0.717) is 21.4 Å². The lowest BCUT2D eigenvalue weighted by molar-refractivity contribution is 0.594. The molecule has 5 nitrogen and oxygen atoms in total. The van der Waals surface area contributed by atoms with E-state index in [1.807, 2.05) is 30.3 Å². The molecule has 2 heterocycles. The molecular formula is C23H23Cl2N5. The summed E-state index contributed by atoms with van der Waals surface area (Å²) in [6, 6.07) is 15.3. The van der Waals surface area contributed by atoms with E-state index >= 15 is 0 Å². The zero-order valence-corrected chi connectivity index (χ0v) is 18.3. The third kappa shape index (κ3) is 4.27. The molecule has 30 heavy (non-hydrogen) atoms. The first kappa shape index (κ1) is 20.6. The summed E-state index contributed by atoms with van der Waals surface area (Å²) in [5.74, 6) is 0.964. The largest absolute Gasteiger partial charge is 0.368 e. The highest BCUT2D eigenvalue weighted by Crippen LogP contribution is 2.32. The lowest BCUT2D eigenvalue weighted by Gasteiger charge is -2.11. The zero-order chi connectivity index (χ0) is 21.1. The molecular weight excluding hydrogens is 417 g/mol. The summed E-state index contributed by atoms with van der Waals surface area (Å²) in [6.45, 7) is 3.09. The lowest BCUT2D eigenvalue weighted by atomic mass is 10.1. The summed E-state index contributed by atoms with van der Waals surface area (Å²) < 4.78 is 2.22. The summed E-state index contributed by atoms with van der Waals surface area (Å²) in [7, 11) is 0. The number of nitrogens with two attached hydrogens (primary N) is 1. The highest BCUT2D eigenvalue weighted by molar-refractivity contribution is 6.36. The average Bonchev–Trinajstić information content (AvgIpc) is 3.09. The fourth-order valence-electron chi connectivity index (χ4n) is 3.61. The van der Waals surface area contributed by atoms with Crippen molar-refractivity contribution in [3.63, 3.8) is 0 Å². The maximum absolute atomic E-state index is 6.40. The molecule has 7 heteroatoms. The molecule has 4 rings (SSSR count). The predicted octanol–water partition coefficient (Wildman–Crippen LogP) is 6.63. The van der Waals surface area contributed by atoms with Gasteiger partial charge in [-0.25, -0.2) is 15.0 Å². The van der Waals surface area contributed by atoms with Crippen molar-refractivity contribution in [3.05, 3.63) is 58.6 Å². The van der Waals surface area contributed by atoms with Crippen molar-refractivity contribution in [2.24, 2.45) is 0 Å². The number of nitrogen functional groups attached to an aromatic ring is 1. The number of para-hydroxylation sites is 2. The molecule has 0 saturated carbocycles. The number of fused-ring (bicyclic) bond motifs is 1. The number of halogens is 2. The van der Waals surface area contributed by atoms with Crippen molar-refractivity contribution >= 4 is 40.2 Å². The molecule has 0 unspecified atom stereocenters. The lowest BCUT2D eigenvalue weighted by Crippen LogP contribution is -2.05. The van der Waals surface area contributed by atoms with Gasteiger partial charge in [0, 0.05) is 17.1 Å². The van der Waals surface area contributed by atoms with Crippen LogP contribution in [0.5, 0.6) is 0 Å². The molecule has 0 fully saturated rings. The fraction of sp³-hybridized carbons (Fsp3) is 0.261. The van der Waals surface area contributed by atoms with Crippen molar-refractivity contribution in [1.29, 1.82) is 0 Å². The maximum atomic E-state index is 6.40. The zero-order valence-electron chi connectivity index (χ0n) is 16.8. The Bertz CT molecular complexity index is 1190. The number of rotatable bonds is 7. The summed E-state index contributed by atoms with van der Waals surface area (Å²) in [4.78, 5) is 13.7. The van der Waals surface area contributed by atoms with Crippen molar-refractivity contribution < 1.29 is 0 Å². The number of hydrogen-bond donors (Lipinski definition) is 1. The van der Waals surface area contributed by atoms with E-state index in [-0.39, 0.29) is 5.95 Å². The quantitative estimate of drug-likeness (QED) is 0.328. The van der Waals surface area contributed by atoms with Crippen LogP contribution >= 0.6 is 23.2 Å². The van der Waals surface area contributed by atoms with E-state index in [9.17, 15) is 0 Å². The van der Waals surface area contributed by atoms with Crippen LogP contribution in [0.15, 0.2) is 48.5 Å². The van der Waals surface area contributed by atoms with Gasteiger partial charge >= 0.3 is 0 Å². The van der Waals surface area contributed by atoms with Crippen LogP contribution < -0.4 is 5.73 Å². The molecule has 0 spiro atoms. The van der Waals surface area contributed by atoms with Gasteiger partial charge in [-0.3, -0.25) is 0 Å². The first-order valence-corrected chi connectivity index (χ1v) is 10.9. The van der Waals surface area contributed by atoms with Gasteiger partial charge in [-0.2, -0.15) is 0 Å². The Morgan fingerprint density at radius 3 is 2.50 bits per heavy atom. The highest BCUT2D eigenvalue weighted by atomic mass is 35.5. The van der Waals surface area contributed by atoms with Gasteiger partial charge in [0.15, 0.2) is 5.82 Å². The molecule has 0 radical (unpaired) electrons. The van der Waals surface area contributed by atoms with E-state index in [1.54, 1.807) is 12.1 Å². The first-order valence-electron chi connectivity index (χ1n) is 10.1. The second-order valence-corrected chi connectivity index (χ2v) is 8.10. The third-order valence-electron chi connectivity index (χ3n) is 5.07. The topological polar surface area (TPSA) is 69.6 Å². The van der Waals surface area contributed by atoms with E-state index in [0.717, 1.165) is 35.4 Å². The number of anilines is 1. The van der Waals surface area contributed by atoms with Crippen LogP contribution in [0.25, 0.3) is 33.8 Å². The van der Waals surface area contributed by atoms with Crippen LogP contribution in [0.2, 0.25) is 10.0 Å². The molecule has 2 aromatic heterocycles. The molecule has 0 atom stereocenters. The molecule has 154 valence electrons. The minimum Gasteiger partial charge on any atom is -0.368 e. The first-order chi connectivity index (χ1) is 14.6. The van der Waals surface area contributed by atoms with Gasteiger partial charge in [-0.05, 0) is 42.8 Å². The van der Waals surface area contributed by atoms with E-state index in [4.69, 9.17) is 33.9 Å². The molecule has 0 saturated heterocycles. The van der Waals surface area contributed by atoms with Crippen LogP contribution in [0, 0.1) is 0 Å². The van der Waals surface area contributed by atoms with Crippen molar-refractivity contribution in [2.75, 3.05) is 5.73 Å². The Hall–Kier alpha value is -2.63. The molecule has 0 aliphatic heterocycles. The molecule has 0 bridgehead atoms. The number of unbranched alkanes of at least 4 members (excludes halogenated alkanes) is 3. The Kier molecular flexibility index (Phi) is 6.21. The number of benzene rings is 2. The summed E-state index contributed by atoms with van der Waals surface area (Å²) in [6.07, 6.45) is 4.68. The molecule has 2 aromatic carbocycles. The number of nitrogens with zero attached hydrogens (tertiary/aromatic N) is 4. The van der Waals surface area contributed by atoms with Gasteiger partial charge in [0.1, 0.15) is 5.69 Å². The molecule has 2 N–H and O–H groups in total. The predicted molar refractivity (Wildman–Crippen MR) is 125 cm³/mol. The van der Waals surface area contributed by atoms with Crippen molar-refractivity contribution in [1.82, 2.24) is 19.5 Å². The van der Waals surface area contributed by atoms with Crippen LogP contribution in [-0.2, 0) is 6.54 Å². The second-order valence-electron chi connectivity index (χ2n) is 7.26.